The van der Waals surface area contributed by atoms with Crippen LogP contribution in [0.1, 0.15) is 46.0 Å². The van der Waals surface area contributed by atoms with Crippen molar-refractivity contribution in [2.24, 2.45) is 11.8 Å². The van der Waals surface area contributed by atoms with E-state index in [4.69, 9.17) is 0 Å². The van der Waals surface area contributed by atoms with Crippen LogP contribution in [-0.2, 0) is 0 Å². The Hall–Kier alpha value is 0.210. The fourth-order valence-electron chi connectivity index (χ4n) is 2.68. The summed E-state index contributed by atoms with van der Waals surface area (Å²) in [6, 6.07) is 0.952. The second-order valence-corrected chi connectivity index (χ2v) is 6.10. The quantitative estimate of drug-likeness (QED) is 0.790. The minimum absolute atomic E-state index is 0. The van der Waals surface area contributed by atoms with E-state index in [1.807, 2.05) is 0 Å². The largest absolute Gasteiger partial charge is 0.317 e. The summed E-state index contributed by atoms with van der Waals surface area (Å²) in [6.45, 7) is 9.89. The van der Waals surface area contributed by atoms with Crippen molar-refractivity contribution in [3.8, 4) is 0 Å². The monoisotopic (exact) mass is 260 g/mol. The van der Waals surface area contributed by atoms with Crippen LogP contribution in [0.2, 0.25) is 0 Å². The molecule has 1 aliphatic heterocycles. The Bertz CT molecular complexity index is 198. The van der Waals surface area contributed by atoms with E-state index in [-0.39, 0.29) is 12.4 Å². The fraction of sp³-hybridized carbons (Fsp3) is 1.00. The molecule has 0 aromatic carbocycles. The van der Waals surface area contributed by atoms with Crippen LogP contribution in [-0.4, -0.2) is 37.1 Å². The standard InChI is InChI=1S/C14H28N2.ClH/c1-12(2)7-10-16(14-3-4-14)11-13-5-8-15-9-6-13;/h12-15H,3-11H2,1-2H3;1H. The van der Waals surface area contributed by atoms with Gasteiger partial charge in [0.25, 0.3) is 0 Å². The molecular weight excluding hydrogens is 232 g/mol. The molecule has 0 amide bonds. The van der Waals surface area contributed by atoms with Crippen molar-refractivity contribution in [1.82, 2.24) is 10.2 Å². The summed E-state index contributed by atoms with van der Waals surface area (Å²) < 4.78 is 0. The van der Waals surface area contributed by atoms with Gasteiger partial charge < -0.3 is 10.2 Å². The smallest absolute Gasteiger partial charge is 0.00965 e. The van der Waals surface area contributed by atoms with E-state index >= 15 is 0 Å². The van der Waals surface area contributed by atoms with Crippen LogP contribution < -0.4 is 5.32 Å². The Morgan fingerprint density at radius 1 is 1.12 bits per heavy atom. The first-order valence-corrected chi connectivity index (χ1v) is 7.20. The van der Waals surface area contributed by atoms with Gasteiger partial charge in [-0.3, -0.25) is 0 Å². The van der Waals surface area contributed by atoms with Gasteiger partial charge in [0.15, 0.2) is 0 Å². The Kier molecular flexibility index (Phi) is 6.83. The Balaban J connectivity index is 0.00000144. The highest BCUT2D eigenvalue weighted by Crippen LogP contribution is 2.29. The summed E-state index contributed by atoms with van der Waals surface area (Å²) >= 11 is 0. The second kappa shape index (κ2) is 7.60. The van der Waals surface area contributed by atoms with Crippen LogP contribution in [0.4, 0.5) is 0 Å². The van der Waals surface area contributed by atoms with Gasteiger partial charge in [0.1, 0.15) is 0 Å². The van der Waals surface area contributed by atoms with E-state index in [9.17, 15) is 0 Å². The van der Waals surface area contributed by atoms with E-state index in [2.05, 4.69) is 24.1 Å². The van der Waals surface area contributed by atoms with Gasteiger partial charge in [-0.2, -0.15) is 0 Å². The molecule has 3 heteroatoms. The Morgan fingerprint density at radius 2 is 1.76 bits per heavy atom. The zero-order chi connectivity index (χ0) is 11.4. The normalized spacial score (nSPS) is 21.9. The lowest BCUT2D eigenvalue weighted by Gasteiger charge is -2.30. The van der Waals surface area contributed by atoms with Crippen LogP contribution in [0.15, 0.2) is 0 Å². The molecule has 2 rings (SSSR count). The lowest BCUT2D eigenvalue weighted by molar-refractivity contribution is 0.189. The molecule has 2 fully saturated rings. The molecule has 2 nitrogen and oxygen atoms in total. The van der Waals surface area contributed by atoms with Crippen LogP contribution in [0, 0.1) is 11.8 Å². The summed E-state index contributed by atoms with van der Waals surface area (Å²) in [7, 11) is 0. The minimum atomic E-state index is 0. The summed E-state index contributed by atoms with van der Waals surface area (Å²) in [4.78, 5) is 2.79. The maximum atomic E-state index is 3.46. The third-order valence-corrected chi connectivity index (χ3v) is 4.01. The van der Waals surface area contributed by atoms with Gasteiger partial charge in [-0.1, -0.05) is 13.8 Å². The maximum Gasteiger partial charge on any atom is 0.00965 e. The first-order valence-electron chi connectivity index (χ1n) is 7.20. The van der Waals surface area contributed by atoms with Gasteiger partial charge in [-0.15, -0.1) is 12.4 Å². The van der Waals surface area contributed by atoms with Gasteiger partial charge in [-0.05, 0) is 63.6 Å². The summed E-state index contributed by atoms with van der Waals surface area (Å²) in [5, 5.41) is 3.46. The van der Waals surface area contributed by atoms with E-state index in [0.717, 1.165) is 17.9 Å². The molecule has 1 heterocycles. The molecule has 1 saturated heterocycles. The van der Waals surface area contributed by atoms with Crippen molar-refractivity contribution < 1.29 is 0 Å². The third kappa shape index (κ3) is 5.58. The van der Waals surface area contributed by atoms with Crippen LogP contribution in [0.3, 0.4) is 0 Å². The molecule has 1 N–H and O–H groups in total. The van der Waals surface area contributed by atoms with Crippen LogP contribution >= 0.6 is 12.4 Å². The first-order chi connectivity index (χ1) is 7.75. The molecule has 0 bridgehead atoms. The van der Waals surface area contributed by atoms with E-state index in [0.29, 0.717) is 0 Å². The topological polar surface area (TPSA) is 15.3 Å². The fourth-order valence-corrected chi connectivity index (χ4v) is 2.68. The molecule has 0 unspecified atom stereocenters. The number of hydrogen-bond donors (Lipinski definition) is 1. The molecule has 0 aromatic rings. The van der Waals surface area contributed by atoms with Gasteiger partial charge in [0, 0.05) is 12.6 Å². The number of nitrogens with zero attached hydrogens (tertiary/aromatic N) is 1. The van der Waals surface area contributed by atoms with Crippen molar-refractivity contribution in [3.05, 3.63) is 0 Å². The van der Waals surface area contributed by atoms with Crippen molar-refractivity contribution in [2.75, 3.05) is 26.2 Å². The van der Waals surface area contributed by atoms with E-state index < -0.39 is 0 Å². The van der Waals surface area contributed by atoms with Gasteiger partial charge >= 0.3 is 0 Å². The van der Waals surface area contributed by atoms with Crippen LogP contribution in [0.5, 0.6) is 0 Å². The third-order valence-electron chi connectivity index (χ3n) is 4.01. The number of halogens is 1. The molecule has 17 heavy (non-hydrogen) atoms. The molecule has 0 spiro atoms. The van der Waals surface area contributed by atoms with Gasteiger partial charge in [0.2, 0.25) is 0 Å². The van der Waals surface area contributed by atoms with Crippen molar-refractivity contribution >= 4 is 12.4 Å². The number of rotatable bonds is 6. The molecule has 1 aliphatic carbocycles. The van der Waals surface area contributed by atoms with E-state index in [1.165, 1.54) is 58.3 Å². The zero-order valence-corrected chi connectivity index (χ0v) is 12.3. The maximum absolute atomic E-state index is 3.46. The molecule has 2 aliphatic rings. The predicted molar refractivity (Wildman–Crippen MR) is 76.9 cm³/mol. The highest BCUT2D eigenvalue weighted by Gasteiger charge is 2.30. The number of piperidine rings is 1. The lowest BCUT2D eigenvalue weighted by atomic mass is 9.97. The minimum Gasteiger partial charge on any atom is -0.317 e. The highest BCUT2D eigenvalue weighted by atomic mass is 35.5. The Morgan fingerprint density at radius 3 is 2.29 bits per heavy atom. The molecule has 0 aromatic heterocycles. The summed E-state index contributed by atoms with van der Waals surface area (Å²) in [5.74, 6) is 1.82. The number of nitrogens with one attached hydrogen (secondary N) is 1. The molecule has 102 valence electrons. The van der Waals surface area contributed by atoms with Crippen LogP contribution in [0.25, 0.3) is 0 Å². The average Bonchev–Trinajstić information content (AvgIpc) is 3.09. The molecule has 1 saturated carbocycles. The average molecular weight is 261 g/mol. The zero-order valence-electron chi connectivity index (χ0n) is 11.5. The molecular formula is C14H29ClN2. The van der Waals surface area contributed by atoms with Crippen molar-refractivity contribution in [2.45, 2.75) is 52.0 Å². The van der Waals surface area contributed by atoms with Crippen molar-refractivity contribution in [1.29, 1.82) is 0 Å². The van der Waals surface area contributed by atoms with Gasteiger partial charge in [-0.25, -0.2) is 0 Å². The summed E-state index contributed by atoms with van der Waals surface area (Å²) in [6.07, 6.45) is 7.09. The molecule has 0 radical (unpaired) electrons. The van der Waals surface area contributed by atoms with E-state index in [1.54, 1.807) is 0 Å². The second-order valence-electron chi connectivity index (χ2n) is 6.10. The molecule has 0 atom stereocenters. The highest BCUT2D eigenvalue weighted by molar-refractivity contribution is 5.85. The lowest BCUT2D eigenvalue weighted by Crippen LogP contribution is -2.38. The first kappa shape index (κ1) is 15.3. The Labute approximate surface area is 113 Å². The van der Waals surface area contributed by atoms with Gasteiger partial charge in [0.05, 0.1) is 0 Å². The van der Waals surface area contributed by atoms with Crippen molar-refractivity contribution in [3.63, 3.8) is 0 Å². The number of hydrogen-bond acceptors (Lipinski definition) is 2. The summed E-state index contributed by atoms with van der Waals surface area (Å²) in [5.41, 5.74) is 0. The predicted octanol–water partition coefficient (Wildman–Crippen LogP) is 2.92. The SMILES string of the molecule is CC(C)CCN(CC1CCNCC1)C1CC1.Cl.